The smallest absolute Gasteiger partial charge is 0.230 e. The molecule has 0 aliphatic rings. The number of nitrogens with zero attached hydrogens (tertiary/aromatic N) is 5. The van der Waals surface area contributed by atoms with Gasteiger partial charge in [-0.25, -0.2) is 4.68 Å². The Hall–Kier alpha value is -1.93. The van der Waals surface area contributed by atoms with Crippen LogP contribution in [-0.2, 0) is 17.8 Å². The highest BCUT2D eigenvalue weighted by Crippen LogP contribution is 2.16. The fourth-order valence-corrected chi connectivity index (χ4v) is 2.99. The number of rotatable bonds is 9. The zero-order valence-corrected chi connectivity index (χ0v) is 16.1. The second-order valence-electron chi connectivity index (χ2n) is 6.16. The van der Waals surface area contributed by atoms with Crippen LogP contribution in [0.1, 0.15) is 31.0 Å². The second-order valence-corrected chi connectivity index (χ2v) is 7.10. The number of benzene rings is 1. The van der Waals surface area contributed by atoms with E-state index in [1.54, 1.807) is 4.68 Å². The SMILES string of the molecule is CCc1ccc(C(C)NC(=O)CSc2nnnn2CCN(C)C)cc1. The number of tetrazole rings is 1. The summed E-state index contributed by atoms with van der Waals surface area (Å²) in [5.41, 5.74) is 2.40. The van der Waals surface area contributed by atoms with Gasteiger partial charge in [0.25, 0.3) is 0 Å². The fourth-order valence-electron chi connectivity index (χ4n) is 2.27. The summed E-state index contributed by atoms with van der Waals surface area (Å²) in [7, 11) is 4.00. The van der Waals surface area contributed by atoms with Gasteiger partial charge in [0.15, 0.2) is 0 Å². The highest BCUT2D eigenvalue weighted by Gasteiger charge is 2.13. The Morgan fingerprint density at radius 2 is 2.04 bits per heavy atom. The molecular formula is C17H26N6OS. The zero-order chi connectivity index (χ0) is 18.2. The van der Waals surface area contributed by atoms with Gasteiger partial charge in [-0.3, -0.25) is 4.79 Å². The molecule has 0 radical (unpaired) electrons. The predicted octanol–water partition coefficient (Wildman–Crippen LogP) is 1.77. The number of thioether (sulfide) groups is 1. The quantitative estimate of drug-likeness (QED) is 0.685. The van der Waals surface area contributed by atoms with Crippen molar-refractivity contribution in [2.45, 2.75) is 38.0 Å². The van der Waals surface area contributed by atoms with Crippen LogP contribution in [0.25, 0.3) is 0 Å². The fraction of sp³-hybridized carbons (Fsp3) is 0.529. The van der Waals surface area contributed by atoms with Gasteiger partial charge in [0.2, 0.25) is 11.1 Å². The number of carbonyl (C=O) groups is 1. The van der Waals surface area contributed by atoms with E-state index in [0.717, 1.165) is 18.5 Å². The first-order chi connectivity index (χ1) is 12.0. The van der Waals surface area contributed by atoms with Crippen molar-refractivity contribution >= 4 is 17.7 Å². The normalized spacial score (nSPS) is 12.4. The Labute approximate surface area is 153 Å². The van der Waals surface area contributed by atoms with Gasteiger partial charge >= 0.3 is 0 Å². The van der Waals surface area contributed by atoms with Gasteiger partial charge in [-0.15, -0.1) is 5.10 Å². The lowest BCUT2D eigenvalue weighted by atomic mass is 10.1. The Morgan fingerprint density at radius 1 is 1.32 bits per heavy atom. The molecule has 1 heterocycles. The van der Waals surface area contributed by atoms with Crippen LogP contribution in [0.5, 0.6) is 0 Å². The number of hydrogen-bond donors (Lipinski definition) is 1. The van der Waals surface area contributed by atoms with E-state index in [1.807, 2.05) is 21.0 Å². The number of amides is 1. The van der Waals surface area contributed by atoms with E-state index >= 15 is 0 Å². The van der Waals surface area contributed by atoms with E-state index in [-0.39, 0.29) is 11.9 Å². The van der Waals surface area contributed by atoms with Crippen molar-refractivity contribution < 1.29 is 4.79 Å². The molecule has 7 nitrogen and oxygen atoms in total. The minimum Gasteiger partial charge on any atom is -0.349 e. The topological polar surface area (TPSA) is 75.9 Å². The number of aryl methyl sites for hydroxylation is 1. The van der Waals surface area contributed by atoms with Crippen LogP contribution in [0, 0.1) is 0 Å². The monoisotopic (exact) mass is 362 g/mol. The van der Waals surface area contributed by atoms with Crippen molar-refractivity contribution in [3.05, 3.63) is 35.4 Å². The van der Waals surface area contributed by atoms with E-state index in [0.29, 0.717) is 17.5 Å². The largest absolute Gasteiger partial charge is 0.349 e. The maximum Gasteiger partial charge on any atom is 0.230 e. The lowest BCUT2D eigenvalue weighted by Crippen LogP contribution is -2.28. The number of nitrogens with one attached hydrogen (secondary N) is 1. The Bertz CT molecular complexity index is 670. The molecule has 0 fully saturated rings. The van der Waals surface area contributed by atoms with Crippen molar-refractivity contribution in [2.24, 2.45) is 0 Å². The molecule has 136 valence electrons. The molecule has 1 amide bonds. The lowest BCUT2D eigenvalue weighted by Gasteiger charge is -2.14. The van der Waals surface area contributed by atoms with Crippen LogP contribution in [-0.4, -0.2) is 57.4 Å². The molecule has 2 aromatic rings. The van der Waals surface area contributed by atoms with E-state index in [4.69, 9.17) is 0 Å². The molecule has 0 saturated carbocycles. The third-order valence-corrected chi connectivity index (χ3v) is 4.81. The van der Waals surface area contributed by atoms with E-state index in [1.165, 1.54) is 17.3 Å². The van der Waals surface area contributed by atoms with Crippen molar-refractivity contribution in [1.29, 1.82) is 0 Å². The Balaban J connectivity index is 1.83. The van der Waals surface area contributed by atoms with Gasteiger partial charge in [-0.2, -0.15) is 0 Å². The summed E-state index contributed by atoms with van der Waals surface area (Å²) in [6.45, 7) is 5.66. The van der Waals surface area contributed by atoms with Crippen LogP contribution >= 0.6 is 11.8 Å². The van der Waals surface area contributed by atoms with Crippen molar-refractivity contribution in [2.75, 3.05) is 26.4 Å². The first-order valence-corrected chi connectivity index (χ1v) is 9.40. The molecule has 25 heavy (non-hydrogen) atoms. The second kappa shape index (κ2) is 9.53. The molecule has 1 atom stereocenters. The summed E-state index contributed by atoms with van der Waals surface area (Å²) >= 11 is 1.35. The summed E-state index contributed by atoms with van der Waals surface area (Å²) in [4.78, 5) is 14.3. The van der Waals surface area contributed by atoms with Gasteiger partial charge in [0.05, 0.1) is 18.3 Å². The molecule has 8 heteroatoms. The third-order valence-electron chi connectivity index (χ3n) is 3.86. The molecule has 0 aliphatic carbocycles. The van der Waals surface area contributed by atoms with Crippen molar-refractivity contribution in [3.63, 3.8) is 0 Å². The molecule has 1 N–H and O–H groups in total. The van der Waals surface area contributed by atoms with Crippen LogP contribution in [0.3, 0.4) is 0 Å². The lowest BCUT2D eigenvalue weighted by molar-refractivity contribution is -0.119. The third kappa shape index (κ3) is 6.13. The standard InChI is InChI=1S/C17H26N6OS/c1-5-14-6-8-15(9-7-14)13(2)18-16(24)12-25-17-19-20-21-23(17)11-10-22(3)4/h6-9,13H,5,10-12H2,1-4H3,(H,18,24). The number of likely N-dealkylation sites (N-methyl/N-ethyl adjacent to an activating group) is 1. The summed E-state index contributed by atoms with van der Waals surface area (Å²) in [6, 6.07) is 8.32. The first kappa shape index (κ1) is 19.4. The van der Waals surface area contributed by atoms with Gasteiger partial charge in [-0.1, -0.05) is 43.0 Å². The molecule has 1 aromatic heterocycles. The number of hydrogen-bond acceptors (Lipinski definition) is 6. The van der Waals surface area contributed by atoms with Gasteiger partial charge in [0.1, 0.15) is 0 Å². The van der Waals surface area contributed by atoms with Crippen LogP contribution in [0.4, 0.5) is 0 Å². The molecule has 0 aliphatic heterocycles. The maximum absolute atomic E-state index is 12.2. The average molecular weight is 363 g/mol. The molecule has 1 unspecified atom stereocenters. The Kier molecular flexibility index (Phi) is 7.39. The summed E-state index contributed by atoms with van der Waals surface area (Å²) in [5, 5.41) is 15.3. The van der Waals surface area contributed by atoms with Crippen molar-refractivity contribution in [1.82, 2.24) is 30.4 Å². The molecule has 2 rings (SSSR count). The van der Waals surface area contributed by atoms with E-state index in [2.05, 4.69) is 56.9 Å². The van der Waals surface area contributed by atoms with Gasteiger partial charge in [0, 0.05) is 6.54 Å². The van der Waals surface area contributed by atoms with E-state index in [9.17, 15) is 4.79 Å². The minimum absolute atomic E-state index is 0.0243. The first-order valence-electron chi connectivity index (χ1n) is 8.41. The molecule has 0 saturated heterocycles. The van der Waals surface area contributed by atoms with Crippen LogP contribution in [0.15, 0.2) is 29.4 Å². The summed E-state index contributed by atoms with van der Waals surface area (Å²) in [5.74, 6) is 0.263. The number of carbonyl (C=O) groups excluding carboxylic acids is 1. The molecule has 1 aromatic carbocycles. The van der Waals surface area contributed by atoms with E-state index < -0.39 is 0 Å². The van der Waals surface area contributed by atoms with Crippen LogP contribution < -0.4 is 5.32 Å². The summed E-state index contributed by atoms with van der Waals surface area (Å²) < 4.78 is 1.73. The van der Waals surface area contributed by atoms with Gasteiger partial charge in [-0.05, 0) is 49.0 Å². The zero-order valence-electron chi connectivity index (χ0n) is 15.3. The number of aromatic nitrogens is 4. The average Bonchev–Trinajstić information content (AvgIpc) is 3.05. The molecular weight excluding hydrogens is 336 g/mol. The van der Waals surface area contributed by atoms with Crippen LogP contribution in [0.2, 0.25) is 0 Å². The molecule has 0 bridgehead atoms. The molecule has 0 spiro atoms. The highest BCUT2D eigenvalue weighted by atomic mass is 32.2. The summed E-state index contributed by atoms with van der Waals surface area (Å²) in [6.07, 6.45) is 1.01. The van der Waals surface area contributed by atoms with Gasteiger partial charge < -0.3 is 10.2 Å². The predicted molar refractivity (Wildman–Crippen MR) is 99.5 cm³/mol. The van der Waals surface area contributed by atoms with Crippen molar-refractivity contribution in [3.8, 4) is 0 Å². The minimum atomic E-state index is -0.0285. The maximum atomic E-state index is 12.2. The Morgan fingerprint density at radius 3 is 2.68 bits per heavy atom. The highest BCUT2D eigenvalue weighted by molar-refractivity contribution is 7.99.